The van der Waals surface area contributed by atoms with Gasteiger partial charge in [-0.15, -0.1) is 0 Å². The maximum atomic E-state index is 10.7. The van der Waals surface area contributed by atoms with Gasteiger partial charge in [0.05, 0.1) is 6.61 Å². The number of carbonyl (C=O) groups is 1. The molecule has 0 aromatic heterocycles. The van der Waals surface area contributed by atoms with Crippen molar-refractivity contribution in [3.05, 3.63) is 12.2 Å². The normalized spacial score (nSPS) is 13.4. The number of alkyl halides is 1. The molecule has 1 unspecified atom stereocenters. The summed E-state index contributed by atoms with van der Waals surface area (Å²) in [6, 6.07) is 0. The van der Waals surface area contributed by atoms with Crippen molar-refractivity contribution < 1.29 is 9.53 Å². The number of esters is 1. The lowest BCUT2D eigenvalue weighted by atomic mass is 10.3. The van der Waals surface area contributed by atoms with Gasteiger partial charge in [0, 0.05) is 10.9 Å². The number of ether oxygens (including phenoxy) is 1. The molecule has 0 aliphatic rings. The molecule has 0 saturated heterocycles. The van der Waals surface area contributed by atoms with Crippen LogP contribution in [0.5, 0.6) is 0 Å². The first-order valence-electron chi connectivity index (χ1n) is 3.69. The Morgan fingerprint density at radius 2 is 2.27 bits per heavy atom. The third kappa shape index (κ3) is 6.10. The van der Waals surface area contributed by atoms with Gasteiger partial charge in [-0.25, -0.2) is 4.79 Å². The highest BCUT2D eigenvalue weighted by Crippen LogP contribution is 2.05. The summed E-state index contributed by atoms with van der Waals surface area (Å²) >= 11 is 3.36. The van der Waals surface area contributed by atoms with Crippen molar-refractivity contribution in [1.29, 1.82) is 0 Å². The van der Waals surface area contributed by atoms with E-state index >= 15 is 0 Å². The zero-order valence-corrected chi connectivity index (χ0v) is 8.43. The van der Waals surface area contributed by atoms with Gasteiger partial charge in [-0.05, 0) is 13.3 Å². The highest BCUT2D eigenvalue weighted by atomic mass is 79.9. The Labute approximate surface area is 75.7 Å². The van der Waals surface area contributed by atoms with Crippen molar-refractivity contribution in [2.75, 3.05) is 6.61 Å². The Balaban J connectivity index is 3.63. The molecule has 0 fully saturated rings. The molecule has 0 bridgehead atoms. The summed E-state index contributed by atoms with van der Waals surface area (Å²) in [5, 5.41) is 0. The topological polar surface area (TPSA) is 26.3 Å². The Hall–Kier alpha value is -0.310. The first kappa shape index (κ1) is 10.7. The lowest BCUT2D eigenvalue weighted by molar-refractivity contribution is -0.137. The van der Waals surface area contributed by atoms with Gasteiger partial charge < -0.3 is 4.74 Å². The maximum Gasteiger partial charge on any atom is 0.330 e. The van der Waals surface area contributed by atoms with E-state index in [4.69, 9.17) is 4.74 Å². The second kappa shape index (κ2) is 6.40. The van der Waals surface area contributed by atoms with Gasteiger partial charge in [0.2, 0.25) is 0 Å². The van der Waals surface area contributed by atoms with E-state index in [1.807, 2.05) is 6.92 Å². The highest BCUT2D eigenvalue weighted by Gasteiger charge is 1.96. The third-order valence-electron chi connectivity index (χ3n) is 1.12. The molecule has 0 rings (SSSR count). The molecular weight excluding hydrogens is 208 g/mol. The van der Waals surface area contributed by atoms with Crippen LogP contribution in [0.3, 0.4) is 0 Å². The van der Waals surface area contributed by atoms with E-state index in [9.17, 15) is 4.79 Å². The van der Waals surface area contributed by atoms with Gasteiger partial charge in [-0.2, -0.15) is 0 Å². The van der Waals surface area contributed by atoms with Crippen LogP contribution in [0.2, 0.25) is 0 Å². The van der Waals surface area contributed by atoms with Gasteiger partial charge in [-0.3, -0.25) is 0 Å². The molecule has 0 amide bonds. The van der Waals surface area contributed by atoms with Crippen LogP contribution >= 0.6 is 15.9 Å². The zero-order valence-electron chi connectivity index (χ0n) is 6.84. The maximum absolute atomic E-state index is 10.7. The smallest absolute Gasteiger partial charge is 0.330 e. The summed E-state index contributed by atoms with van der Waals surface area (Å²) in [5.74, 6) is -0.273. The van der Waals surface area contributed by atoms with Crippen molar-refractivity contribution in [1.82, 2.24) is 0 Å². The fourth-order valence-corrected chi connectivity index (χ4v) is 0.662. The fraction of sp³-hybridized carbons (Fsp3) is 0.625. The van der Waals surface area contributed by atoms with Crippen molar-refractivity contribution in [2.45, 2.75) is 25.1 Å². The monoisotopic (exact) mass is 220 g/mol. The standard InChI is InChI=1S/C8H13BrO2/c1-3-7(9)5-6-8(10)11-4-2/h5-7H,3-4H2,1-2H3. The molecule has 0 aromatic carbocycles. The molecule has 64 valence electrons. The van der Waals surface area contributed by atoms with E-state index in [1.165, 1.54) is 6.08 Å². The number of hydrogen-bond acceptors (Lipinski definition) is 2. The van der Waals surface area contributed by atoms with Gasteiger partial charge in [0.15, 0.2) is 0 Å². The molecule has 3 heteroatoms. The van der Waals surface area contributed by atoms with Gasteiger partial charge in [0.1, 0.15) is 0 Å². The molecule has 1 atom stereocenters. The van der Waals surface area contributed by atoms with Crippen molar-refractivity contribution in [3.63, 3.8) is 0 Å². The molecule has 0 spiro atoms. The average Bonchev–Trinajstić information content (AvgIpc) is 2.01. The van der Waals surface area contributed by atoms with Crippen LogP contribution in [-0.4, -0.2) is 17.4 Å². The van der Waals surface area contributed by atoms with E-state index in [0.717, 1.165) is 6.42 Å². The minimum atomic E-state index is -0.273. The lowest BCUT2D eigenvalue weighted by Crippen LogP contribution is -2.00. The van der Waals surface area contributed by atoms with Crippen molar-refractivity contribution >= 4 is 21.9 Å². The molecule has 0 aromatic rings. The number of rotatable bonds is 4. The molecule has 0 aliphatic carbocycles. The minimum absolute atomic E-state index is 0.270. The molecule has 0 N–H and O–H groups in total. The average molecular weight is 221 g/mol. The largest absolute Gasteiger partial charge is 0.463 e. The predicted octanol–water partition coefficient (Wildman–Crippen LogP) is 2.28. The van der Waals surface area contributed by atoms with Crippen LogP contribution in [0, 0.1) is 0 Å². The summed E-state index contributed by atoms with van der Waals surface area (Å²) in [6.07, 6.45) is 4.21. The molecule has 0 aliphatic heterocycles. The van der Waals surface area contributed by atoms with Crippen LogP contribution in [0.25, 0.3) is 0 Å². The van der Waals surface area contributed by atoms with E-state index in [2.05, 4.69) is 15.9 Å². The molecule has 2 nitrogen and oxygen atoms in total. The van der Waals surface area contributed by atoms with Crippen LogP contribution < -0.4 is 0 Å². The number of halogens is 1. The fourth-order valence-electron chi connectivity index (χ4n) is 0.509. The van der Waals surface area contributed by atoms with Gasteiger partial charge in [0.25, 0.3) is 0 Å². The second-order valence-corrected chi connectivity index (χ2v) is 3.21. The predicted molar refractivity (Wildman–Crippen MR) is 48.8 cm³/mol. The van der Waals surface area contributed by atoms with Crippen LogP contribution in [0.1, 0.15) is 20.3 Å². The first-order chi connectivity index (χ1) is 5.20. The van der Waals surface area contributed by atoms with Crippen LogP contribution in [-0.2, 0) is 9.53 Å². The van der Waals surface area contributed by atoms with Crippen molar-refractivity contribution in [2.24, 2.45) is 0 Å². The second-order valence-electron chi connectivity index (χ2n) is 2.04. The summed E-state index contributed by atoms with van der Waals surface area (Å²) in [6.45, 7) is 4.26. The van der Waals surface area contributed by atoms with E-state index < -0.39 is 0 Å². The van der Waals surface area contributed by atoms with Gasteiger partial charge >= 0.3 is 5.97 Å². The number of carbonyl (C=O) groups excluding carboxylic acids is 1. The molecular formula is C8H13BrO2. The van der Waals surface area contributed by atoms with E-state index in [-0.39, 0.29) is 10.8 Å². The molecule has 0 heterocycles. The van der Waals surface area contributed by atoms with Crippen molar-refractivity contribution in [3.8, 4) is 0 Å². The Morgan fingerprint density at radius 3 is 2.73 bits per heavy atom. The van der Waals surface area contributed by atoms with Crippen LogP contribution in [0.15, 0.2) is 12.2 Å². The zero-order chi connectivity index (χ0) is 8.69. The SMILES string of the molecule is CCOC(=O)C=CC(Br)CC. The molecule has 11 heavy (non-hydrogen) atoms. The van der Waals surface area contributed by atoms with E-state index in [1.54, 1.807) is 13.0 Å². The minimum Gasteiger partial charge on any atom is -0.463 e. The number of allylic oxidation sites excluding steroid dienone is 1. The first-order valence-corrected chi connectivity index (χ1v) is 4.61. The summed E-state index contributed by atoms with van der Waals surface area (Å²) in [7, 11) is 0. The Bertz CT molecular complexity index is 143. The summed E-state index contributed by atoms with van der Waals surface area (Å²) in [4.78, 5) is 11.0. The quantitative estimate of drug-likeness (QED) is 0.413. The third-order valence-corrected chi connectivity index (χ3v) is 2.07. The summed E-state index contributed by atoms with van der Waals surface area (Å²) < 4.78 is 4.69. The molecule has 0 radical (unpaired) electrons. The van der Waals surface area contributed by atoms with Crippen LogP contribution in [0.4, 0.5) is 0 Å². The lowest BCUT2D eigenvalue weighted by Gasteiger charge is -1.97. The highest BCUT2D eigenvalue weighted by molar-refractivity contribution is 9.09. The van der Waals surface area contributed by atoms with Gasteiger partial charge in [-0.1, -0.05) is 28.9 Å². The Morgan fingerprint density at radius 1 is 1.64 bits per heavy atom. The summed E-state index contributed by atoms with van der Waals surface area (Å²) in [5.41, 5.74) is 0. The Kier molecular flexibility index (Phi) is 6.22. The molecule has 0 saturated carbocycles. The number of hydrogen-bond donors (Lipinski definition) is 0. The van der Waals surface area contributed by atoms with E-state index in [0.29, 0.717) is 6.61 Å².